The minimum atomic E-state index is -3.20. The van der Waals surface area contributed by atoms with E-state index < -0.39 is 10.0 Å². The summed E-state index contributed by atoms with van der Waals surface area (Å²) in [5.74, 6) is 0.187. The van der Waals surface area contributed by atoms with E-state index in [-0.39, 0.29) is 17.9 Å². The number of fused-ring (bicyclic) bond motifs is 1. The lowest BCUT2D eigenvalue weighted by Crippen LogP contribution is -2.50. The molecule has 20 heavy (non-hydrogen) atoms. The Morgan fingerprint density at radius 2 is 2.20 bits per heavy atom. The maximum absolute atomic E-state index is 12.0. The molecule has 3 saturated heterocycles. The quantitative estimate of drug-likeness (QED) is 0.718. The van der Waals surface area contributed by atoms with Gasteiger partial charge >= 0.3 is 0 Å². The molecule has 6 nitrogen and oxygen atoms in total. The third kappa shape index (κ3) is 3.71. The second-order valence-electron chi connectivity index (χ2n) is 6.17. The number of nitrogens with one attached hydrogen (secondary N) is 2. The highest BCUT2D eigenvalue weighted by Crippen LogP contribution is 2.22. The van der Waals surface area contributed by atoms with Gasteiger partial charge in [0.2, 0.25) is 10.0 Å². The maximum atomic E-state index is 12.0. The van der Waals surface area contributed by atoms with Crippen molar-refractivity contribution in [1.82, 2.24) is 14.9 Å². The van der Waals surface area contributed by atoms with Crippen molar-refractivity contribution in [2.75, 3.05) is 38.5 Å². The van der Waals surface area contributed by atoms with E-state index in [0.717, 1.165) is 39.1 Å². The maximum Gasteiger partial charge on any atom is 0.213 e. The van der Waals surface area contributed by atoms with Crippen LogP contribution >= 0.6 is 0 Å². The van der Waals surface area contributed by atoms with Gasteiger partial charge in [0.05, 0.1) is 18.5 Å². The fraction of sp³-hybridized carbons (Fsp3) is 1.00. The molecule has 0 aromatic rings. The van der Waals surface area contributed by atoms with Crippen LogP contribution in [0.2, 0.25) is 0 Å². The summed E-state index contributed by atoms with van der Waals surface area (Å²) >= 11 is 0. The lowest BCUT2D eigenvalue weighted by Gasteiger charge is -2.35. The van der Waals surface area contributed by atoms with Crippen molar-refractivity contribution in [3.63, 3.8) is 0 Å². The molecule has 3 rings (SSSR count). The minimum absolute atomic E-state index is 0.00402. The molecular formula is C13H25N3O3S. The van der Waals surface area contributed by atoms with E-state index in [1.165, 1.54) is 12.8 Å². The van der Waals surface area contributed by atoms with Gasteiger partial charge in [0.25, 0.3) is 0 Å². The van der Waals surface area contributed by atoms with Gasteiger partial charge in [-0.05, 0) is 38.8 Å². The van der Waals surface area contributed by atoms with Crippen LogP contribution in [0.25, 0.3) is 0 Å². The Morgan fingerprint density at radius 1 is 1.30 bits per heavy atom. The molecule has 0 saturated carbocycles. The first-order chi connectivity index (χ1) is 9.62. The molecular weight excluding hydrogens is 278 g/mol. The summed E-state index contributed by atoms with van der Waals surface area (Å²) in [4.78, 5) is 2.43. The lowest BCUT2D eigenvalue weighted by molar-refractivity contribution is -0.0449. The molecule has 3 heterocycles. The Hall–Kier alpha value is -0.210. The van der Waals surface area contributed by atoms with Crippen molar-refractivity contribution in [3.8, 4) is 0 Å². The normalized spacial score (nSPS) is 35.3. The molecule has 0 radical (unpaired) electrons. The van der Waals surface area contributed by atoms with Crippen LogP contribution in [-0.4, -0.2) is 70.0 Å². The molecule has 3 unspecified atom stereocenters. The molecule has 0 aromatic carbocycles. The number of hydrogen-bond acceptors (Lipinski definition) is 5. The number of nitrogens with zero attached hydrogens (tertiary/aromatic N) is 1. The molecule has 3 aliphatic heterocycles. The van der Waals surface area contributed by atoms with Crippen molar-refractivity contribution in [3.05, 3.63) is 0 Å². The summed E-state index contributed by atoms with van der Waals surface area (Å²) in [6.07, 6.45) is 4.47. The van der Waals surface area contributed by atoms with E-state index in [1.807, 2.05) is 0 Å². The topological polar surface area (TPSA) is 70.7 Å². The summed E-state index contributed by atoms with van der Waals surface area (Å²) < 4.78 is 32.6. The van der Waals surface area contributed by atoms with E-state index >= 15 is 0 Å². The molecule has 0 aromatic heterocycles. The molecule has 2 N–H and O–H groups in total. The van der Waals surface area contributed by atoms with Gasteiger partial charge in [0, 0.05) is 25.2 Å². The van der Waals surface area contributed by atoms with E-state index in [0.29, 0.717) is 12.6 Å². The molecule has 3 atom stereocenters. The molecule has 116 valence electrons. The van der Waals surface area contributed by atoms with Crippen LogP contribution in [0.1, 0.15) is 25.7 Å². The predicted octanol–water partition coefficient (Wildman–Crippen LogP) is -0.479. The average Bonchev–Trinajstić information content (AvgIpc) is 3.06. The van der Waals surface area contributed by atoms with Crippen molar-refractivity contribution in [2.24, 2.45) is 0 Å². The average molecular weight is 303 g/mol. The summed E-state index contributed by atoms with van der Waals surface area (Å²) in [5, 5.41) is 3.22. The van der Waals surface area contributed by atoms with Crippen molar-refractivity contribution < 1.29 is 13.2 Å². The number of morpholine rings is 1. The van der Waals surface area contributed by atoms with E-state index in [1.54, 1.807) is 0 Å². The molecule has 7 heteroatoms. The number of rotatable bonds is 5. The number of ether oxygens (including phenoxy) is 1. The van der Waals surface area contributed by atoms with Crippen LogP contribution < -0.4 is 10.0 Å². The second-order valence-corrected chi connectivity index (χ2v) is 8.02. The van der Waals surface area contributed by atoms with Gasteiger partial charge in [0.15, 0.2) is 0 Å². The SMILES string of the molecule is O=S(=O)(CC1CCCN1)NCC1CN2CCCC2CO1. The Bertz CT molecular complexity index is 423. The van der Waals surface area contributed by atoms with Crippen LogP contribution in [0, 0.1) is 0 Å². The van der Waals surface area contributed by atoms with Crippen LogP contribution in [0.5, 0.6) is 0 Å². The molecule has 0 amide bonds. The zero-order chi connectivity index (χ0) is 14.0. The first-order valence-corrected chi connectivity index (χ1v) is 9.34. The highest BCUT2D eigenvalue weighted by atomic mass is 32.2. The lowest BCUT2D eigenvalue weighted by atomic mass is 10.2. The number of hydrogen-bond donors (Lipinski definition) is 2. The third-order valence-corrected chi connectivity index (χ3v) is 6.02. The molecule has 0 spiro atoms. The summed E-state index contributed by atoms with van der Waals surface area (Å²) in [5.41, 5.74) is 0. The van der Waals surface area contributed by atoms with Gasteiger partial charge in [-0.25, -0.2) is 13.1 Å². The zero-order valence-corrected chi connectivity index (χ0v) is 12.7. The highest BCUT2D eigenvalue weighted by Gasteiger charge is 2.32. The molecule has 3 fully saturated rings. The smallest absolute Gasteiger partial charge is 0.213 e. The first-order valence-electron chi connectivity index (χ1n) is 7.69. The van der Waals surface area contributed by atoms with E-state index in [2.05, 4.69) is 14.9 Å². The zero-order valence-electron chi connectivity index (χ0n) is 11.9. The fourth-order valence-corrected chi connectivity index (χ4v) is 4.82. The van der Waals surface area contributed by atoms with Crippen LogP contribution in [0.4, 0.5) is 0 Å². The monoisotopic (exact) mass is 303 g/mol. The van der Waals surface area contributed by atoms with Crippen molar-refractivity contribution >= 4 is 10.0 Å². The fourth-order valence-electron chi connectivity index (χ4n) is 3.45. The largest absolute Gasteiger partial charge is 0.374 e. The predicted molar refractivity (Wildman–Crippen MR) is 77.1 cm³/mol. The molecule has 0 aliphatic carbocycles. The molecule has 3 aliphatic rings. The van der Waals surface area contributed by atoms with Gasteiger partial charge in [-0.2, -0.15) is 0 Å². The Morgan fingerprint density at radius 3 is 3.00 bits per heavy atom. The Balaban J connectivity index is 1.44. The standard InChI is InChI=1S/C13H25N3O3S/c17-20(18,10-11-3-1-5-14-11)15-7-13-8-16-6-2-4-12(16)9-19-13/h11-15H,1-10H2. The van der Waals surface area contributed by atoms with Gasteiger partial charge in [0.1, 0.15) is 0 Å². The van der Waals surface area contributed by atoms with Crippen LogP contribution in [-0.2, 0) is 14.8 Å². The highest BCUT2D eigenvalue weighted by molar-refractivity contribution is 7.89. The van der Waals surface area contributed by atoms with Crippen molar-refractivity contribution in [2.45, 2.75) is 43.9 Å². The number of sulfonamides is 1. The summed E-state index contributed by atoms with van der Waals surface area (Å²) in [6, 6.07) is 0.674. The first kappa shape index (κ1) is 14.7. The Kier molecular flexibility index (Phi) is 4.62. The van der Waals surface area contributed by atoms with Gasteiger partial charge < -0.3 is 10.1 Å². The summed E-state index contributed by atoms with van der Waals surface area (Å²) in [7, 11) is -3.20. The van der Waals surface area contributed by atoms with E-state index in [4.69, 9.17) is 4.74 Å². The summed E-state index contributed by atoms with van der Waals surface area (Å²) in [6.45, 7) is 4.06. The Labute approximate surface area is 121 Å². The van der Waals surface area contributed by atoms with E-state index in [9.17, 15) is 8.42 Å². The van der Waals surface area contributed by atoms with Crippen molar-refractivity contribution in [1.29, 1.82) is 0 Å². The molecule has 0 bridgehead atoms. The second kappa shape index (κ2) is 6.27. The van der Waals surface area contributed by atoms with Crippen LogP contribution in [0.15, 0.2) is 0 Å². The third-order valence-electron chi connectivity index (χ3n) is 4.58. The van der Waals surface area contributed by atoms with Gasteiger partial charge in [-0.1, -0.05) is 0 Å². The minimum Gasteiger partial charge on any atom is -0.374 e. The van der Waals surface area contributed by atoms with Gasteiger partial charge in [-0.15, -0.1) is 0 Å². The van der Waals surface area contributed by atoms with Gasteiger partial charge in [-0.3, -0.25) is 4.90 Å². The van der Waals surface area contributed by atoms with Crippen LogP contribution in [0.3, 0.4) is 0 Å².